The van der Waals surface area contributed by atoms with Crippen molar-refractivity contribution in [2.75, 3.05) is 18.4 Å². The van der Waals surface area contributed by atoms with Crippen LogP contribution < -0.4 is 10.9 Å². The molecule has 0 unspecified atom stereocenters. The number of nitrogens with one attached hydrogen (secondary N) is 1. The summed E-state index contributed by atoms with van der Waals surface area (Å²) in [4.78, 5) is 31.4. The van der Waals surface area contributed by atoms with Crippen molar-refractivity contribution in [1.29, 1.82) is 0 Å². The number of carbonyl (C=O) groups is 1. The molecule has 37 heavy (non-hydrogen) atoms. The summed E-state index contributed by atoms with van der Waals surface area (Å²) in [5, 5.41) is 3.36. The Morgan fingerprint density at radius 2 is 1.89 bits per heavy atom. The predicted molar refractivity (Wildman–Crippen MR) is 140 cm³/mol. The first-order valence-electron chi connectivity index (χ1n) is 11.8. The summed E-state index contributed by atoms with van der Waals surface area (Å²) in [5.41, 5.74) is -2.27. The highest BCUT2D eigenvalue weighted by atomic mass is 35.5. The van der Waals surface area contributed by atoms with E-state index in [1.807, 2.05) is 13.8 Å². The highest BCUT2D eigenvalue weighted by Gasteiger charge is 2.46. The smallest absolute Gasteiger partial charge is 0.410 e. The monoisotopic (exact) mass is 552 g/mol. The van der Waals surface area contributed by atoms with Crippen molar-refractivity contribution in [3.63, 3.8) is 0 Å². The molecule has 0 bridgehead atoms. The van der Waals surface area contributed by atoms with E-state index < -0.39 is 34.4 Å². The molecule has 1 atom stereocenters. The summed E-state index contributed by atoms with van der Waals surface area (Å²) in [6, 6.07) is 5.00. The van der Waals surface area contributed by atoms with Crippen molar-refractivity contribution < 1.29 is 18.3 Å². The Bertz CT molecular complexity index is 1440. The van der Waals surface area contributed by atoms with E-state index >= 15 is 8.78 Å². The van der Waals surface area contributed by atoms with E-state index in [0.717, 1.165) is 0 Å². The molecule has 198 valence electrons. The maximum absolute atomic E-state index is 15.3. The van der Waals surface area contributed by atoms with Crippen molar-refractivity contribution in [1.82, 2.24) is 14.5 Å². The predicted octanol–water partition coefficient (Wildman–Crippen LogP) is 6.51. The van der Waals surface area contributed by atoms with Gasteiger partial charge < -0.3 is 15.0 Å². The van der Waals surface area contributed by atoms with Gasteiger partial charge in [0, 0.05) is 23.8 Å². The average Bonchev–Trinajstić information content (AvgIpc) is 3.21. The summed E-state index contributed by atoms with van der Waals surface area (Å²) >= 11 is 12.7. The van der Waals surface area contributed by atoms with Crippen LogP contribution in [0.4, 0.5) is 19.3 Å². The van der Waals surface area contributed by atoms with Crippen LogP contribution in [-0.4, -0.2) is 39.2 Å². The molecule has 0 saturated carbocycles. The van der Waals surface area contributed by atoms with E-state index in [-0.39, 0.29) is 57.8 Å². The molecule has 0 spiro atoms. The quantitative estimate of drug-likeness (QED) is 0.373. The molecule has 1 saturated heterocycles. The van der Waals surface area contributed by atoms with Crippen molar-refractivity contribution >= 4 is 45.9 Å². The van der Waals surface area contributed by atoms with Gasteiger partial charge in [-0.25, -0.2) is 18.6 Å². The maximum Gasteiger partial charge on any atom is 0.410 e. The minimum absolute atomic E-state index is 0.0229. The van der Waals surface area contributed by atoms with E-state index in [1.165, 1.54) is 40.1 Å². The molecular formula is C26H28Cl2F2N4O3. The van der Waals surface area contributed by atoms with Crippen LogP contribution in [0.25, 0.3) is 10.9 Å². The first-order chi connectivity index (χ1) is 17.2. The molecule has 7 nitrogen and oxygen atoms in total. The Kier molecular flexibility index (Phi) is 7.16. The summed E-state index contributed by atoms with van der Waals surface area (Å²) in [6.45, 7) is 9.04. The summed E-state index contributed by atoms with van der Waals surface area (Å²) in [7, 11) is 0. The van der Waals surface area contributed by atoms with Crippen LogP contribution in [0.3, 0.4) is 0 Å². The minimum atomic E-state index is -1.29. The molecule has 1 aliphatic heterocycles. The van der Waals surface area contributed by atoms with Gasteiger partial charge in [-0.05, 0) is 65.3 Å². The molecule has 1 N–H and O–H groups in total. The van der Waals surface area contributed by atoms with Crippen LogP contribution in [-0.2, 0) is 10.3 Å². The molecule has 4 rings (SSSR count). The number of halogens is 4. The number of anilines is 1. The second-order valence-corrected chi connectivity index (χ2v) is 11.3. The van der Waals surface area contributed by atoms with Gasteiger partial charge in [0.1, 0.15) is 16.9 Å². The van der Waals surface area contributed by atoms with Gasteiger partial charge in [-0.1, -0.05) is 23.2 Å². The van der Waals surface area contributed by atoms with Gasteiger partial charge in [0.05, 0.1) is 33.8 Å². The third-order valence-corrected chi connectivity index (χ3v) is 7.03. The molecule has 1 aliphatic rings. The fourth-order valence-electron chi connectivity index (χ4n) is 4.55. The third kappa shape index (κ3) is 5.25. The number of aromatic nitrogens is 2. The fraction of sp³-hybridized carbons (Fsp3) is 0.423. The zero-order chi connectivity index (χ0) is 27.3. The maximum atomic E-state index is 15.3. The van der Waals surface area contributed by atoms with Crippen molar-refractivity contribution in [2.24, 2.45) is 0 Å². The zero-order valence-electron chi connectivity index (χ0n) is 21.2. The second kappa shape index (κ2) is 9.76. The number of ether oxygens (including phenoxy) is 1. The summed E-state index contributed by atoms with van der Waals surface area (Å²) < 4.78 is 37.3. The number of hydrogen-bond acceptors (Lipinski definition) is 5. The molecule has 1 fully saturated rings. The number of hydrogen-bond donors (Lipinski definition) is 1. The van der Waals surface area contributed by atoms with E-state index in [2.05, 4.69) is 10.3 Å². The van der Waals surface area contributed by atoms with E-state index in [4.69, 9.17) is 27.9 Å². The Morgan fingerprint density at radius 3 is 2.54 bits per heavy atom. The average molecular weight is 553 g/mol. The van der Waals surface area contributed by atoms with E-state index in [1.54, 1.807) is 20.8 Å². The highest BCUT2D eigenvalue weighted by Crippen LogP contribution is 2.43. The molecule has 3 aromatic rings. The van der Waals surface area contributed by atoms with Gasteiger partial charge in [0.25, 0.3) is 5.56 Å². The Hall–Kier alpha value is -2.91. The molecule has 2 aromatic carbocycles. The normalized spacial score (nSPS) is 18.1. The standard InChI is InChI=1S/C26H28Cl2F2N4O3/c1-14(2)34-13-31-22-16(23(34)35)10-15(11-19(22)30)32-26(20-18(29)7-6-17(27)21(20)28)8-9-33(12-26)24(36)37-25(3,4)5/h6-7,10-11,13-14,32H,8-9,12H2,1-5H3/t26-/m0/s1. The lowest BCUT2D eigenvalue weighted by Gasteiger charge is -2.34. The number of fused-ring (bicyclic) bond motifs is 1. The third-order valence-electron chi connectivity index (χ3n) is 6.22. The van der Waals surface area contributed by atoms with Gasteiger partial charge in [-0.2, -0.15) is 0 Å². The number of likely N-dealkylation sites (tertiary alicyclic amines) is 1. The van der Waals surface area contributed by atoms with Crippen LogP contribution in [0, 0.1) is 11.6 Å². The highest BCUT2D eigenvalue weighted by molar-refractivity contribution is 6.42. The molecular weight excluding hydrogens is 525 g/mol. The molecule has 1 amide bonds. The van der Waals surface area contributed by atoms with Crippen LogP contribution in [0.15, 0.2) is 35.4 Å². The Balaban J connectivity index is 1.84. The lowest BCUT2D eigenvalue weighted by atomic mass is 9.87. The fourth-order valence-corrected chi connectivity index (χ4v) is 5.04. The van der Waals surface area contributed by atoms with Crippen LogP contribution in [0.1, 0.15) is 52.6 Å². The van der Waals surface area contributed by atoms with Gasteiger partial charge in [-0.3, -0.25) is 9.36 Å². The lowest BCUT2D eigenvalue weighted by molar-refractivity contribution is 0.0286. The molecule has 1 aromatic heterocycles. The first kappa shape index (κ1) is 27.1. The molecule has 11 heteroatoms. The van der Waals surface area contributed by atoms with E-state index in [9.17, 15) is 9.59 Å². The summed E-state index contributed by atoms with van der Waals surface area (Å²) in [6.07, 6.45) is 0.944. The zero-order valence-corrected chi connectivity index (χ0v) is 22.7. The summed E-state index contributed by atoms with van der Waals surface area (Å²) in [5.74, 6) is -1.36. The van der Waals surface area contributed by atoms with Crippen LogP contribution >= 0.6 is 23.2 Å². The van der Waals surface area contributed by atoms with Gasteiger partial charge in [0.2, 0.25) is 0 Å². The molecule has 0 radical (unpaired) electrons. The van der Waals surface area contributed by atoms with E-state index in [0.29, 0.717) is 0 Å². The second-order valence-electron chi connectivity index (χ2n) is 10.5. The Morgan fingerprint density at radius 1 is 1.19 bits per heavy atom. The van der Waals surface area contributed by atoms with Gasteiger partial charge in [0.15, 0.2) is 5.82 Å². The number of carbonyl (C=O) groups excluding carboxylic acids is 1. The van der Waals surface area contributed by atoms with Gasteiger partial charge >= 0.3 is 6.09 Å². The first-order valence-corrected chi connectivity index (χ1v) is 12.6. The Labute approximate surface area is 223 Å². The van der Waals surface area contributed by atoms with Crippen molar-refractivity contribution in [2.45, 2.75) is 58.2 Å². The van der Waals surface area contributed by atoms with Crippen molar-refractivity contribution in [3.8, 4) is 0 Å². The largest absolute Gasteiger partial charge is 0.444 e. The van der Waals surface area contributed by atoms with Gasteiger partial charge in [-0.15, -0.1) is 0 Å². The number of nitrogens with zero attached hydrogens (tertiary/aromatic N) is 3. The van der Waals surface area contributed by atoms with Crippen molar-refractivity contribution in [3.05, 3.63) is 68.2 Å². The minimum Gasteiger partial charge on any atom is -0.444 e. The molecule has 2 heterocycles. The number of rotatable bonds is 4. The topological polar surface area (TPSA) is 76.5 Å². The molecule has 0 aliphatic carbocycles. The SMILES string of the molecule is CC(C)n1cnc2c(F)cc(N[C@@]3(c4c(F)ccc(Cl)c4Cl)CCN(C(=O)OC(C)(C)C)C3)cc2c1=O. The number of benzene rings is 2. The number of amides is 1. The van der Waals surface area contributed by atoms with Crippen LogP contribution in [0.2, 0.25) is 10.0 Å². The van der Waals surface area contributed by atoms with Crippen LogP contribution in [0.5, 0.6) is 0 Å². The lowest BCUT2D eigenvalue weighted by Crippen LogP contribution is -2.42.